The minimum absolute atomic E-state index is 0.669. The number of nitriles is 1. The lowest BCUT2D eigenvalue weighted by Crippen LogP contribution is -1.90. The van der Waals surface area contributed by atoms with Crippen LogP contribution in [0.5, 0.6) is 0 Å². The molecule has 0 amide bonds. The van der Waals surface area contributed by atoms with Gasteiger partial charge in [-0.3, -0.25) is 0 Å². The molecule has 1 nitrogen and oxygen atoms in total. The molecule has 7 aromatic carbocycles. The minimum Gasteiger partial charge on any atom is -0.192 e. The summed E-state index contributed by atoms with van der Waals surface area (Å²) >= 11 is 3.68. The maximum absolute atomic E-state index is 10.4. The summed E-state index contributed by atoms with van der Waals surface area (Å²) in [5.74, 6) is 0. The highest BCUT2D eigenvalue weighted by atomic mass is 32.1. The number of hydrogen-bond donors (Lipinski definition) is 0. The zero-order valence-corrected chi connectivity index (χ0v) is 26.3. The molecule has 0 N–H and O–H groups in total. The van der Waals surface area contributed by atoms with Gasteiger partial charge in [0.1, 0.15) is 0 Å². The van der Waals surface area contributed by atoms with Gasteiger partial charge < -0.3 is 0 Å². The van der Waals surface area contributed by atoms with E-state index in [1.54, 1.807) is 0 Å². The highest BCUT2D eigenvalue weighted by Crippen LogP contribution is 2.43. The van der Waals surface area contributed by atoms with E-state index in [1.165, 1.54) is 51.5 Å². The van der Waals surface area contributed by atoms with Gasteiger partial charge in [0.2, 0.25) is 0 Å². The van der Waals surface area contributed by atoms with Crippen LogP contribution in [-0.2, 0) is 0 Å². The zero-order valence-electron chi connectivity index (χ0n) is 24.7. The molecular formula is C43H25NS2. The second-order valence-corrected chi connectivity index (χ2v) is 13.8. The highest BCUT2D eigenvalue weighted by molar-refractivity contribution is 7.26. The van der Waals surface area contributed by atoms with Crippen LogP contribution in [0, 0.1) is 11.3 Å². The van der Waals surface area contributed by atoms with Gasteiger partial charge in [-0.2, -0.15) is 5.26 Å². The van der Waals surface area contributed by atoms with Crippen molar-refractivity contribution in [3.8, 4) is 50.6 Å². The van der Waals surface area contributed by atoms with Crippen LogP contribution in [0.25, 0.3) is 84.9 Å². The molecule has 214 valence electrons. The molecule has 0 aliphatic heterocycles. The molecule has 0 unspecified atom stereocenters. The Morgan fingerprint density at radius 2 is 0.978 bits per heavy atom. The van der Waals surface area contributed by atoms with Crippen molar-refractivity contribution in [2.45, 2.75) is 0 Å². The third-order valence-corrected chi connectivity index (χ3v) is 11.2. The van der Waals surface area contributed by atoms with Gasteiger partial charge in [0.05, 0.1) is 11.6 Å². The van der Waals surface area contributed by atoms with E-state index < -0.39 is 0 Å². The van der Waals surface area contributed by atoms with Gasteiger partial charge in [-0.1, -0.05) is 97.1 Å². The molecule has 0 saturated carbocycles. The third kappa shape index (κ3) is 4.43. The number of benzene rings is 7. The monoisotopic (exact) mass is 619 g/mol. The number of thiophene rings is 2. The fourth-order valence-electron chi connectivity index (χ4n) is 6.72. The first-order valence-corrected chi connectivity index (χ1v) is 16.9. The molecule has 46 heavy (non-hydrogen) atoms. The molecule has 0 bridgehead atoms. The van der Waals surface area contributed by atoms with Crippen LogP contribution in [0.4, 0.5) is 0 Å². The van der Waals surface area contributed by atoms with E-state index in [1.807, 2.05) is 46.9 Å². The second-order valence-electron chi connectivity index (χ2n) is 11.6. The smallest absolute Gasteiger partial charge is 0.0998 e. The van der Waals surface area contributed by atoms with Gasteiger partial charge >= 0.3 is 0 Å². The maximum atomic E-state index is 10.4. The Bertz CT molecular complexity index is 2650. The average molecular weight is 620 g/mol. The molecule has 2 heterocycles. The second kappa shape index (κ2) is 10.8. The van der Waals surface area contributed by atoms with Crippen LogP contribution in [0.2, 0.25) is 0 Å². The first kappa shape index (κ1) is 26.8. The van der Waals surface area contributed by atoms with Gasteiger partial charge in [0, 0.05) is 40.3 Å². The lowest BCUT2D eigenvalue weighted by atomic mass is 9.89. The zero-order chi connectivity index (χ0) is 30.6. The topological polar surface area (TPSA) is 23.8 Å². The molecule has 9 rings (SSSR count). The number of rotatable bonds is 4. The molecule has 0 spiro atoms. The van der Waals surface area contributed by atoms with Crippen LogP contribution in [0.15, 0.2) is 152 Å². The molecule has 0 fully saturated rings. The molecule has 2 aromatic heterocycles. The predicted octanol–water partition coefficient (Wildman–Crippen LogP) is 13.0. The summed E-state index contributed by atoms with van der Waals surface area (Å²) in [6.45, 7) is 0. The number of nitrogens with zero attached hydrogens (tertiary/aromatic N) is 1. The lowest BCUT2D eigenvalue weighted by molar-refractivity contribution is 1.47. The fourth-order valence-corrected chi connectivity index (χ4v) is 8.94. The predicted molar refractivity (Wildman–Crippen MR) is 199 cm³/mol. The summed E-state index contributed by atoms with van der Waals surface area (Å²) in [5, 5.41) is 15.5. The Morgan fingerprint density at radius 3 is 1.80 bits per heavy atom. The van der Waals surface area contributed by atoms with Crippen molar-refractivity contribution in [3.63, 3.8) is 0 Å². The molecule has 3 heteroatoms. The van der Waals surface area contributed by atoms with Crippen molar-refractivity contribution in [2.24, 2.45) is 0 Å². The van der Waals surface area contributed by atoms with E-state index in [2.05, 4.69) is 133 Å². The van der Waals surface area contributed by atoms with Crippen LogP contribution in [-0.4, -0.2) is 0 Å². The normalized spacial score (nSPS) is 11.5. The Hall–Kier alpha value is -5.53. The Balaban J connectivity index is 1.30. The van der Waals surface area contributed by atoms with Crippen LogP contribution >= 0.6 is 22.7 Å². The quantitative estimate of drug-likeness (QED) is 0.192. The maximum Gasteiger partial charge on any atom is 0.0998 e. The molecule has 0 radical (unpaired) electrons. The van der Waals surface area contributed by atoms with E-state index in [-0.39, 0.29) is 0 Å². The van der Waals surface area contributed by atoms with Crippen molar-refractivity contribution in [2.75, 3.05) is 0 Å². The highest BCUT2D eigenvalue weighted by Gasteiger charge is 2.16. The largest absolute Gasteiger partial charge is 0.192 e. The van der Waals surface area contributed by atoms with Gasteiger partial charge in [-0.15, -0.1) is 22.7 Å². The van der Waals surface area contributed by atoms with Gasteiger partial charge in [-0.25, -0.2) is 0 Å². The van der Waals surface area contributed by atoms with Crippen LogP contribution < -0.4 is 0 Å². The summed E-state index contributed by atoms with van der Waals surface area (Å²) < 4.78 is 5.16. The minimum atomic E-state index is 0.669. The SMILES string of the molecule is N#Cc1cc(-c2ccccc2)ccc1-c1cc(-c2ccc3sc4ccccc4c3c2)cc(-c2cccc3sc4ccccc4c23)c1. The average Bonchev–Trinajstić information content (AvgIpc) is 3.69. The van der Waals surface area contributed by atoms with Crippen molar-refractivity contribution < 1.29 is 0 Å². The fraction of sp³-hybridized carbons (Fsp3) is 0. The molecule has 9 aromatic rings. The third-order valence-electron chi connectivity index (χ3n) is 8.91. The molecule has 0 atom stereocenters. The van der Waals surface area contributed by atoms with Crippen molar-refractivity contribution in [3.05, 3.63) is 157 Å². The van der Waals surface area contributed by atoms with Gasteiger partial charge in [0.15, 0.2) is 0 Å². The summed E-state index contributed by atoms with van der Waals surface area (Å²) in [6.07, 6.45) is 0. The summed E-state index contributed by atoms with van der Waals surface area (Å²) in [7, 11) is 0. The van der Waals surface area contributed by atoms with Crippen molar-refractivity contribution in [1.82, 2.24) is 0 Å². The van der Waals surface area contributed by atoms with E-state index in [9.17, 15) is 5.26 Å². The molecule has 0 aliphatic rings. The Labute approximate surface area is 274 Å². The number of fused-ring (bicyclic) bond motifs is 6. The van der Waals surface area contributed by atoms with E-state index >= 15 is 0 Å². The van der Waals surface area contributed by atoms with E-state index in [0.717, 1.165) is 33.4 Å². The standard InChI is InChI=1S/C43H25NS2/c44-26-33-21-28(27-9-2-1-3-10-27)17-19-34(33)31-22-30(29-18-20-41-38(25-29)36-11-4-6-14-39(36)45-41)23-32(24-31)35-13-8-16-42-43(35)37-12-5-7-15-40(37)46-42/h1-25H. The van der Waals surface area contributed by atoms with Gasteiger partial charge in [-0.05, 0) is 99.1 Å². The summed E-state index contributed by atoms with van der Waals surface area (Å²) in [6, 6.07) is 56.7. The molecule has 0 aliphatic carbocycles. The summed E-state index contributed by atoms with van der Waals surface area (Å²) in [5.41, 5.74) is 9.45. The van der Waals surface area contributed by atoms with E-state index in [0.29, 0.717) is 5.56 Å². The van der Waals surface area contributed by atoms with Crippen molar-refractivity contribution in [1.29, 1.82) is 5.26 Å². The van der Waals surface area contributed by atoms with Crippen LogP contribution in [0.1, 0.15) is 5.56 Å². The first-order valence-electron chi connectivity index (χ1n) is 15.3. The molecule has 0 saturated heterocycles. The molecular weight excluding hydrogens is 595 g/mol. The van der Waals surface area contributed by atoms with Gasteiger partial charge in [0.25, 0.3) is 0 Å². The Morgan fingerprint density at radius 1 is 0.370 bits per heavy atom. The summed E-state index contributed by atoms with van der Waals surface area (Å²) in [4.78, 5) is 0. The lowest BCUT2D eigenvalue weighted by Gasteiger charge is -2.14. The Kier molecular flexibility index (Phi) is 6.31. The van der Waals surface area contributed by atoms with Crippen LogP contribution in [0.3, 0.4) is 0 Å². The van der Waals surface area contributed by atoms with E-state index in [4.69, 9.17) is 0 Å². The first-order chi connectivity index (χ1) is 22.7. The number of hydrogen-bond acceptors (Lipinski definition) is 3. The van der Waals surface area contributed by atoms with Crippen molar-refractivity contribution >= 4 is 63.0 Å².